The second-order valence-electron chi connectivity index (χ2n) is 3.47. The predicted molar refractivity (Wildman–Crippen MR) is 48.8 cm³/mol. The zero-order chi connectivity index (χ0) is 10.4. The third kappa shape index (κ3) is 3.33. The second-order valence-corrected chi connectivity index (χ2v) is 3.47. The van der Waals surface area contributed by atoms with Crippen molar-refractivity contribution in [3.05, 3.63) is 0 Å². The van der Waals surface area contributed by atoms with Crippen molar-refractivity contribution in [2.45, 2.75) is 25.3 Å². The fourth-order valence-corrected chi connectivity index (χ4v) is 1.72. The van der Waals surface area contributed by atoms with E-state index >= 15 is 0 Å². The number of carbonyl (C=O) groups excluding carboxylic acids is 1. The summed E-state index contributed by atoms with van der Waals surface area (Å²) in [6.07, 6.45) is 2.37. The van der Waals surface area contributed by atoms with Gasteiger partial charge in [-0.3, -0.25) is 9.59 Å². The molecule has 2 atom stereocenters. The third-order valence-electron chi connectivity index (χ3n) is 2.44. The van der Waals surface area contributed by atoms with Crippen LogP contribution in [-0.4, -0.2) is 36.7 Å². The average Bonchev–Trinajstić information content (AvgIpc) is 2.18. The highest BCUT2D eigenvalue weighted by atomic mass is 16.5. The zero-order valence-corrected chi connectivity index (χ0v) is 7.94. The maximum Gasteiger partial charge on any atom is 0.305 e. The molecule has 0 radical (unpaired) electrons. The lowest BCUT2D eigenvalue weighted by atomic mass is 9.92. The van der Waals surface area contributed by atoms with Crippen molar-refractivity contribution in [1.82, 2.24) is 5.32 Å². The van der Waals surface area contributed by atoms with Crippen LogP contribution in [0.25, 0.3) is 0 Å². The number of hydrogen-bond acceptors (Lipinski definition) is 3. The van der Waals surface area contributed by atoms with Crippen molar-refractivity contribution in [2.24, 2.45) is 5.92 Å². The van der Waals surface area contributed by atoms with Gasteiger partial charge >= 0.3 is 5.97 Å². The Labute approximate surface area is 82.4 Å². The van der Waals surface area contributed by atoms with Crippen LogP contribution in [0.5, 0.6) is 0 Å². The van der Waals surface area contributed by atoms with Crippen molar-refractivity contribution >= 4 is 12.4 Å². The lowest BCUT2D eigenvalue weighted by molar-refractivity contribution is -0.138. The van der Waals surface area contributed by atoms with Gasteiger partial charge in [0.1, 0.15) is 0 Å². The standard InChI is InChI=1S/C9H15NO4/c11-6-10-8(4-9(12)13)7-2-1-3-14-5-7/h6-8H,1-5H2,(H,10,11)(H,12,13)/t7?,8-/m1/s1. The minimum atomic E-state index is -0.894. The van der Waals surface area contributed by atoms with Gasteiger partial charge in [-0.15, -0.1) is 0 Å². The molecule has 0 bridgehead atoms. The Bertz CT molecular complexity index is 201. The van der Waals surface area contributed by atoms with E-state index in [1.54, 1.807) is 0 Å². The Morgan fingerprint density at radius 3 is 3.00 bits per heavy atom. The summed E-state index contributed by atoms with van der Waals surface area (Å²) < 4.78 is 5.24. The van der Waals surface area contributed by atoms with Crippen LogP contribution in [0.4, 0.5) is 0 Å². The van der Waals surface area contributed by atoms with Gasteiger partial charge in [-0.1, -0.05) is 0 Å². The minimum absolute atomic E-state index is 0.0350. The molecule has 1 aliphatic rings. The van der Waals surface area contributed by atoms with Crippen LogP contribution in [0.15, 0.2) is 0 Å². The fraction of sp³-hybridized carbons (Fsp3) is 0.778. The van der Waals surface area contributed by atoms with E-state index < -0.39 is 5.97 Å². The summed E-state index contributed by atoms with van der Waals surface area (Å²) in [7, 11) is 0. The molecule has 0 aromatic heterocycles. The molecule has 0 spiro atoms. The summed E-state index contributed by atoms with van der Waals surface area (Å²) >= 11 is 0. The summed E-state index contributed by atoms with van der Waals surface area (Å²) in [4.78, 5) is 20.8. The number of hydrogen-bond donors (Lipinski definition) is 2. The number of ether oxygens (including phenoxy) is 1. The summed E-state index contributed by atoms with van der Waals surface area (Å²) in [6.45, 7) is 1.27. The zero-order valence-electron chi connectivity index (χ0n) is 7.94. The monoisotopic (exact) mass is 201 g/mol. The van der Waals surface area contributed by atoms with Crippen molar-refractivity contribution in [1.29, 1.82) is 0 Å². The van der Waals surface area contributed by atoms with Crippen LogP contribution in [0.1, 0.15) is 19.3 Å². The molecule has 0 aliphatic carbocycles. The molecule has 1 unspecified atom stereocenters. The van der Waals surface area contributed by atoms with Crippen molar-refractivity contribution in [2.75, 3.05) is 13.2 Å². The lowest BCUT2D eigenvalue weighted by Gasteiger charge is -2.28. The number of aliphatic carboxylic acids is 1. The van der Waals surface area contributed by atoms with E-state index in [1.807, 2.05) is 0 Å². The maximum atomic E-state index is 10.5. The number of carboxylic acids is 1. The first-order valence-electron chi connectivity index (χ1n) is 4.73. The summed E-state index contributed by atoms with van der Waals surface area (Å²) in [6, 6.07) is -0.301. The molecule has 0 aromatic rings. The normalized spacial score (nSPS) is 23.9. The number of amides is 1. The molecule has 1 heterocycles. The van der Waals surface area contributed by atoms with Crippen molar-refractivity contribution in [3.63, 3.8) is 0 Å². The molecule has 5 heteroatoms. The Balaban J connectivity index is 2.46. The number of carbonyl (C=O) groups is 2. The van der Waals surface area contributed by atoms with E-state index in [1.165, 1.54) is 0 Å². The molecule has 2 N–H and O–H groups in total. The van der Waals surface area contributed by atoms with Crippen LogP contribution < -0.4 is 5.32 Å². The van der Waals surface area contributed by atoms with Gasteiger partial charge in [0.25, 0.3) is 0 Å². The van der Waals surface area contributed by atoms with E-state index in [9.17, 15) is 9.59 Å². The molecule has 1 aliphatic heterocycles. The van der Waals surface area contributed by atoms with Gasteiger partial charge in [-0.25, -0.2) is 0 Å². The molecular formula is C9H15NO4. The Kier molecular flexibility index (Phi) is 4.39. The first-order valence-corrected chi connectivity index (χ1v) is 4.73. The Hall–Kier alpha value is -1.10. The summed E-state index contributed by atoms with van der Waals surface area (Å²) in [5, 5.41) is 11.2. The van der Waals surface area contributed by atoms with Crippen molar-refractivity contribution < 1.29 is 19.4 Å². The largest absolute Gasteiger partial charge is 0.481 e. The Morgan fingerprint density at radius 2 is 2.50 bits per heavy atom. The molecule has 0 aromatic carbocycles. The van der Waals surface area contributed by atoms with Crippen LogP contribution >= 0.6 is 0 Å². The highest BCUT2D eigenvalue weighted by molar-refractivity contribution is 5.68. The second kappa shape index (κ2) is 5.59. The minimum Gasteiger partial charge on any atom is -0.481 e. The SMILES string of the molecule is O=CN[C@H](CC(=O)O)C1CCCOC1. The molecule has 80 valence electrons. The van der Waals surface area contributed by atoms with Gasteiger partial charge < -0.3 is 15.2 Å². The van der Waals surface area contributed by atoms with Crippen LogP contribution in [0.2, 0.25) is 0 Å². The van der Waals surface area contributed by atoms with E-state index in [2.05, 4.69) is 5.32 Å². The molecule has 1 rings (SSSR count). The summed E-state index contributed by atoms with van der Waals surface area (Å²) in [5.41, 5.74) is 0. The van der Waals surface area contributed by atoms with E-state index in [0.29, 0.717) is 13.0 Å². The van der Waals surface area contributed by atoms with E-state index in [-0.39, 0.29) is 18.4 Å². The molecule has 1 saturated heterocycles. The quantitative estimate of drug-likeness (QED) is 0.614. The molecule has 14 heavy (non-hydrogen) atoms. The highest BCUT2D eigenvalue weighted by Crippen LogP contribution is 2.19. The van der Waals surface area contributed by atoms with Gasteiger partial charge in [-0.05, 0) is 12.8 Å². The van der Waals surface area contributed by atoms with Gasteiger partial charge in [0, 0.05) is 18.6 Å². The molecule has 1 amide bonds. The molecular weight excluding hydrogens is 186 g/mol. The first kappa shape index (κ1) is 11.0. The summed E-state index contributed by atoms with van der Waals surface area (Å²) in [5.74, 6) is -0.764. The highest BCUT2D eigenvalue weighted by Gasteiger charge is 2.25. The number of carboxylic acid groups (broad SMARTS) is 1. The van der Waals surface area contributed by atoms with Crippen molar-refractivity contribution in [3.8, 4) is 0 Å². The predicted octanol–water partition coefficient (Wildman–Crippen LogP) is 0.00230. The number of nitrogens with one attached hydrogen (secondary N) is 1. The lowest BCUT2D eigenvalue weighted by Crippen LogP contribution is -2.41. The third-order valence-corrected chi connectivity index (χ3v) is 2.44. The van der Waals surface area contributed by atoms with Crippen LogP contribution in [-0.2, 0) is 14.3 Å². The van der Waals surface area contributed by atoms with Crippen LogP contribution in [0.3, 0.4) is 0 Å². The fourth-order valence-electron chi connectivity index (χ4n) is 1.72. The Morgan fingerprint density at radius 1 is 1.71 bits per heavy atom. The molecule has 5 nitrogen and oxygen atoms in total. The van der Waals surface area contributed by atoms with E-state index in [0.717, 1.165) is 19.4 Å². The van der Waals surface area contributed by atoms with Gasteiger partial charge in [0.15, 0.2) is 0 Å². The molecule has 0 saturated carbocycles. The number of rotatable bonds is 5. The van der Waals surface area contributed by atoms with Crippen LogP contribution in [0, 0.1) is 5.92 Å². The van der Waals surface area contributed by atoms with Gasteiger partial charge in [0.05, 0.1) is 13.0 Å². The molecule has 1 fully saturated rings. The maximum absolute atomic E-state index is 10.5. The average molecular weight is 201 g/mol. The topological polar surface area (TPSA) is 75.6 Å². The van der Waals surface area contributed by atoms with E-state index in [4.69, 9.17) is 9.84 Å². The smallest absolute Gasteiger partial charge is 0.305 e. The van der Waals surface area contributed by atoms with Gasteiger partial charge in [-0.2, -0.15) is 0 Å². The first-order chi connectivity index (χ1) is 6.74. The van der Waals surface area contributed by atoms with Gasteiger partial charge in [0.2, 0.25) is 6.41 Å².